The fraction of sp³-hybridized carbons (Fsp3) is 0.900. The third-order valence-electron chi connectivity index (χ3n) is 7.15. The van der Waals surface area contributed by atoms with Gasteiger partial charge in [0.1, 0.15) is 11.2 Å². The third kappa shape index (κ3) is 2.57. The van der Waals surface area contributed by atoms with E-state index >= 15 is 0 Å². The van der Waals surface area contributed by atoms with Crippen molar-refractivity contribution in [2.24, 2.45) is 17.8 Å². The van der Waals surface area contributed by atoms with Crippen molar-refractivity contribution in [2.45, 2.75) is 75.0 Å². The van der Waals surface area contributed by atoms with Gasteiger partial charge in [0, 0.05) is 19.4 Å². The Labute approximate surface area is 150 Å². The second kappa shape index (κ2) is 6.21. The number of methoxy groups -OCH3 is 1. The maximum absolute atomic E-state index is 10.8. The lowest BCUT2D eigenvalue weighted by Crippen LogP contribution is -2.74. The van der Waals surface area contributed by atoms with Gasteiger partial charge < -0.3 is 24.4 Å². The largest absolute Gasteiger partial charge is 0.392 e. The summed E-state index contributed by atoms with van der Waals surface area (Å²) in [4.78, 5) is 0. The average molecular weight is 350 g/mol. The number of hydrogen-bond donors (Lipinski definition) is 2. The molecule has 0 radical (unpaired) electrons. The lowest BCUT2D eigenvalue weighted by Gasteiger charge is -2.63. The number of rotatable bonds is 2. The molecule has 0 aromatic carbocycles. The number of aliphatic hydroxyl groups excluding tert-OH is 1. The van der Waals surface area contributed by atoms with Gasteiger partial charge in [-0.2, -0.15) is 0 Å². The Morgan fingerprint density at radius 3 is 2.48 bits per heavy atom. The Kier molecular flexibility index (Phi) is 4.41. The summed E-state index contributed by atoms with van der Waals surface area (Å²) in [7, 11) is 1.70. The minimum absolute atomic E-state index is 0.0752. The molecule has 0 bridgehead atoms. The minimum Gasteiger partial charge on any atom is -0.392 e. The lowest BCUT2D eigenvalue weighted by atomic mass is 9.52. The number of ether oxygens (including phenoxy) is 3. The molecule has 1 heterocycles. The Morgan fingerprint density at radius 1 is 1.16 bits per heavy atom. The van der Waals surface area contributed by atoms with E-state index in [1.807, 2.05) is 6.92 Å². The van der Waals surface area contributed by atoms with Crippen LogP contribution < -0.4 is 0 Å². The smallest absolute Gasteiger partial charge is 0.198 e. The first-order valence-corrected chi connectivity index (χ1v) is 9.70. The zero-order valence-corrected chi connectivity index (χ0v) is 15.3. The van der Waals surface area contributed by atoms with Crippen molar-refractivity contribution in [3.8, 4) is 11.8 Å². The molecule has 5 atom stereocenters. The summed E-state index contributed by atoms with van der Waals surface area (Å²) in [5, 5.41) is 21.4. The molecule has 3 aliphatic carbocycles. The van der Waals surface area contributed by atoms with Gasteiger partial charge in [0.25, 0.3) is 0 Å². The van der Waals surface area contributed by atoms with Crippen LogP contribution in [0.4, 0.5) is 0 Å². The molecule has 0 amide bonds. The summed E-state index contributed by atoms with van der Waals surface area (Å²) < 4.78 is 17.8. The van der Waals surface area contributed by atoms with Gasteiger partial charge in [0.2, 0.25) is 0 Å². The summed E-state index contributed by atoms with van der Waals surface area (Å²) in [5.74, 6) is 5.80. The molecule has 1 spiro atoms. The molecule has 0 aromatic heterocycles. The van der Waals surface area contributed by atoms with Crippen molar-refractivity contribution in [1.29, 1.82) is 0 Å². The molecular weight excluding hydrogens is 320 g/mol. The molecule has 3 saturated carbocycles. The van der Waals surface area contributed by atoms with Crippen LogP contribution in [0.1, 0.15) is 51.9 Å². The molecule has 0 aromatic rings. The number of fused-ring (bicyclic) bond motifs is 2. The van der Waals surface area contributed by atoms with Crippen LogP contribution in [0.15, 0.2) is 0 Å². The van der Waals surface area contributed by atoms with Gasteiger partial charge in [-0.25, -0.2) is 0 Å². The van der Waals surface area contributed by atoms with E-state index in [1.165, 1.54) is 12.8 Å². The van der Waals surface area contributed by atoms with E-state index in [2.05, 4.69) is 11.8 Å². The van der Waals surface area contributed by atoms with E-state index in [0.717, 1.165) is 12.8 Å². The van der Waals surface area contributed by atoms with Crippen molar-refractivity contribution >= 4 is 0 Å². The predicted molar refractivity (Wildman–Crippen MR) is 91.6 cm³/mol. The van der Waals surface area contributed by atoms with Crippen molar-refractivity contribution < 1.29 is 24.4 Å². The van der Waals surface area contributed by atoms with Gasteiger partial charge in [-0.3, -0.25) is 0 Å². The maximum Gasteiger partial charge on any atom is 0.198 e. The molecule has 1 aliphatic heterocycles. The molecule has 2 N–H and O–H groups in total. The molecule has 4 fully saturated rings. The highest BCUT2D eigenvalue weighted by atomic mass is 16.8. The van der Waals surface area contributed by atoms with E-state index in [0.29, 0.717) is 32.5 Å². The van der Waals surface area contributed by atoms with Gasteiger partial charge in [0.05, 0.1) is 25.2 Å². The predicted octanol–water partition coefficient (Wildman–Crippen LogP) is 1.85. The van der Waals surface area contributed by atoms with Crippen molar-refractivity contribution in [3.05, 3.63) is 0 Å². The average Bonchev–Trinajstić information content (AvgIpc) is 3.27. The number of hydrogen-bond acceptors (Lipinski definition) is 5. The quantitative estimate of drug-likeness (QED) is 0.744. The second-order valence-corrected chi connectivity index (χ2v) is 8.38. The standard InChI is InChI=1S/C20H30O5/c1-18(22,14-5-3-4-6-14)9-7-15-16-13-20(24-11-12-25-20)19(16,23-2)10-8-17(15)21/h14-17,21-22H,3-6,8,10-13H2,1-2H3/t15-,16-,17-,18-,19-/m1/s1. The molecular formula is C20H30O5. The summed E-state index contributed by atoms with van der Waals surface area (Å²) in [6.45, 7) is 3.00. The van der Waals surface area contributed by atoms with Gasteiger partial charge in [-0.1, -0.05) is 24.7 Å². The van der Waals surface area contributed by atoms with Crippen molar-refractivity contribution in [1.82, 2.24) is 0 Å². The van der Waals surface area contributed by atoms with Crippen LogP contribution in [-0.2, 0) is 14.2 Å². The minimum atomic E-state index is -0.981. The summed E-state index contributed by atoms with van der Waals surface area (Å²) in [5.41, 5.74) is -1.51. The zero-order chi connectivity index (χ0) is 17.7. The second-order valence-electron chi connectivity index (χ2n) is 8.38. The Balaban J connectivity index is 1.57. The first-order chi connectivity index (χ1) is 11.9. The van der Waals surface area contributed by atoms with Crippen LogP contribution in [0.5, 0.6) is 0 Å². The van der Waals surface area contributed by atoms with Crippen LogP contribution in [-0.4, -0.2) is 53.6 Å². The molecule has 140 valence electrons. The van der Waals surface area contributed by atoms with E-state index < -0.39 is 23.1 Å². The molecule has 25 heavy (non-hydrogen) atoms. The lowest BCUT2D eigenvalue weighted by molar-refractivity contribution is -0.381. The first kappa shape index (κ1) is 17.8. The molecule has 1 saturated heterocycles. The fourth-order valence-electron chi connectivity index (χ4n) is 5.62. The normalized spacial score (nSPS) is 42.3. The number of aliphatic hydroxyl groups is 2. The molecule has 5 heteroatoms. The van der Waals surface area contributed by atoms with E-state index in [9.17, 15) is 10.2 Å². The van der Waals surface area contributed by atoms with Crippen LogP contribution in [0.2, 0.25) is 0 Å². The van der Waals surface area contributed by atoms with Crippen LogP contribution >= 0.6 is 0 Å². The highest BCUT2D eigenvalue weighted by Crippen LogP contribution is 2.62. The Hall–Kier alpha value is -0.640. The van der Waals surface area contributed by atoms with E-state index in [-0.39, 0.29) is 17.8 Å². The van der Waals surface area contributed by atoms with E-state index in [1.54, 1.807) is 7.11 Å². The van der Waals surface area contributed by atoms with Gasteiger partial charge in [0.15, 0.2) is 5.79 Å². The zero-order valence-electron chi connectivity index (χ0n) is 15.3. The van der Waals surface area contributed by atoms with Gasteiger partial charge in [-0.15, -0.1) is 0 Å². The Bertz CT molecular complexity index is 564. The molecule has 0 unspecified atom stereocenters. The van der Waals surface area contributed by atoms with Gasteiger partial charge in [-0.05, 0) is 38.5 Å². The van der Waals surface area contributed by atoms with E-state index in [4.69, 9.17) is 14.2 Å². The highest BCUT2D eigenvalue weighted by molar-refractivity contribution is 5.26. The summed E-state index contributed by atoms with van der Waals surface area (Å²) in [6, 6.07) is 0. The van der Waals surface area contributed by atoms with Gasteiger partial charge >= 0.3 is 0 Å². The highest BCUT2D eigenvalue weighted by Gasteiger charge is 2.73. The first-order valence-electron chi connectivity index (χ1n) is 9.70. The van der Waals surface area contributed by atoms with Crippen molar-refractivity contribution in [2.75, 3.05) is 20.3 Å². The third-order valence-corrected chi connectivity index (χ3v) is 7.15. The summed E-state index contributed by atoms with van der Waals surface area (Å²) in [6.07, 6.45) is 5.94. The summed E-state index contributed by atoms with van der Waals surface area (Å²) >= 11 is 0. The Morgan fingerprint density at radius 2 is 1.84 bits per heavy atom. The maximum atomic E-state index is 10.8. The molecule has 4 rings (SSSR count). The topological polar surface area (TPSA) is 68.2 Å². The van der Waals surface area contributed by atoms with Crippen molar-refractivity contribution in [3.63, 3.8) is 0 Å². The molecule has 4 aliphatic rings. The monoisotopic (exact) mass is 350 g/mol. The van der Waals surface area contributed by atoms with Crippen LogP contribution in [0, 0.1) is 29.6 Å². The molecule has 5 nitrogen and oxygen atoms in total. The fourth-order valence-corrected chi connectivity index (χ4v) is 5.62. The van der Waals surface area contributed by atoms with Crippen LogP contribution in [0.25, 0.3) is 0 Å². The SMILES string of the molecule is CO[C@]12CC[C@@H](O)[C@H](C#C[C@@](C)(O)C3CCCC3)[C@H]1CC21OCCO1. The van der Waals surface area contributed by atoms with Crippen LogP contribution in [0.3, 0.4) is 0 Å².